The van der Waals surface area contributed by atoms with Crippen LogP contribution < -0.4 is 9.47 Å². The lowest BCUT2D eigenvalue weighted by molar-refractivity contribution is 0.0965. The molecular weight excluding hydrogens is 342 g/mol. The summed E-state index contributed by atoms with van der Waals surface area (Å²) in [6.45, 7) is 0. The quantitative estimate of drug-likeness (QED) is 0.554. The number of hydrogen-bond donors (Lipinski definition) is 0. The standard InChI is InChI=1S/C21H17N3O3/c1-26-18-11-10-14(13-19(18)27-2)21(25)24-17-9-4-3-7-15(17)23-20(24)16-8-5-6-12-22-16/h3-13H,1-2H3. The van der Waals surface area contributed by atoms with Gasteiger partial charge in [-0.3, -0.25) is 14.3 Å². The van der Waals surface area contributed by atoms with Gasteiger partial charge in [0.2, 0.25) is 0 Å². The smallest absolute Gasteiger partial charge is 0.264 e. The molecule has 134 valence electrons. The number of methoxy groups -OCH3 is 2. The average molecular weight is 359 g/mol. The first-order valence-corrected chi connectivity index (χ1v) is 8.38. The van der Waals surface area contributed by atoms with Gasteiger partial charge in [0.05, 0.1) is 25.3 Å². The molecule has 6 heteroatoms. The van der Waals surface area contributed by atoms with Crippen LogP contribution in [0.25, 0.3) is 22.6 Å². The molecule has 0 bridgehead atoms. The Morgan fingerprint density at radius 1 is 0.926 bits per heavy atom. The number of para-hydroxylation sites is 2. The van der Waals surface area contributed by atoms with Gasteiger partial charge in [-0.05, 0) is 42.5 Å². The molecule has 0 unspecified atom stereocenters. The molecule has 0 aliphatic rings. The van der Waals surface area contributed by atoms with Gasteiger partial charge in [-0.25, -0.2) is 4.98 Å². The second-order valence-corrected chi connectivity index (χ2v) is 5.85. The van der Waals surface area contributed by atoms with Gasteiger partial charge in [0.25, 0.3) is 5.91 Å². The summed E-state index contributed by atoms with van der Waals surface area (Å²) in [6, 6.07) is 18.1. The van der Waals surface area contributed by atoms with Gasteiger partial charge >= 0.3 is 0 Å². The Hall–Kier alpha value is -3.67. The Kier molecular flexibility index (Phi) is 4.30. The number of imidazole rings is 1. The Morgan fingerprint density at radius 2 is 1.70 bits per heavy atom. The van der Waals surface area contributed by atoms with Crippen LogP contribution >= 0.6 is 0 Å². The molecule has 4 rings (SSSR count). The largest absolute Gasteiger partial charge is 0.493 e. The SMILES string of the molecule is COc1ccc(C(=O)n2c(-c3ccccn3)nc3ccccc32)cc1OC. The molecule has 0 atom stereocenters. The lowest BCUT2D eigenvalue weighted by atomic mass is 10.1. The highest BCUT2D eigenvalue weighted by atomic mass is 16.5. The van der Waals surface area contributed by atoms with Crippen molar-refractivity contribution in [3.05, 3.63) is 72.4 Å². The van der Waals surface area contributed by atoms with Crippen molar-refractivity contribution < 1.29 is 14.3 Å². The summed E-state index contributed by atoms with van der Waals surface area (Å²) in [6.07, 6.45) is 1.68. The Labute approximate surface area is 156 Å². The van der Waals surface area contributed by atoms with E-state index in [1.54, 1.807) is 36.1 Å². The van der Waals surface area contributed by atoms with E-state index < -0.39 is 0 Å². The first-order chi connectivity index (χ1) is 13.2. The molecule has 0 aliphatic carbocycles. The molecule has 2 aromatic carbocycles. The molecule has 0 spiro atoms. The number of nitrogens with zero attached hydrogens (tertiary/aromatic N) is 3. The molecule has 0 amide bonds. The summed E-state index contributed by atoms with van der Waals surface area (Å²) in [4.78, 5) is 22.4. The third-order valence-corrected chi connectivity index (χ3v) is 4.29. The summed E-state index contributed by atoms with van der Waals surface area (Å²) < 4.78 is 12.2. The summed E-state index contributed by atoms with van der Waals surface area (Å²) >= 11 is 0. The zero-order valence-electron chi connectivity index (χ0n) is 14.9. The fourth-order valence-electron chi connectivity index (χ4n) is 3.00. The van der Waals surface area contributed by atoms with Gasteiger partial charge in [-0.2, -0.15) is 0 Å². The van der Waals surface area contributed by atoms with Crippen molar-refractivity contribution in [2.75, 3.05) is 14.2 Å². The first kappa shape index (κ1) is 16.8. The van der Waals surface area contributed by atoms with Crippen molar-refractivity contribution in [2.45, 2.75) is 0 Å². The van der Waals surface area contributed by atoms with Crippen LogP contribution in [0.3, 0.4) is 0 Å². The fourth-order valence-corrected chi connectivity index (χ4v) is 3.00. The number of rotatable bonds is 4. The van der Waals surface area contributed by atoms with Crippen molar-refractivity contribution in [3.8, 4) is 23.0 Å². The fraction of sp³-hybridized carbons (Fsp3) is 0.0952. The maximum atomic E-state index is 13.4. The van der Waals surface area contributed by atoms with E-state index in [-0.39, 0.29) is 5.91 Å². The van der Waals surface area contributed by atoms with E-state index in [1.807, 2.05) is 42.5 Å². The van der Waals surface area contributed by atoms with E-state index in [4.69, 9.17) is 9.47 Å². The molecule has 2 aromatic heterocycles. The molecule has 0 fully saturated rings. The zero-order chi connectivity index (χ0) is 18.8. The Balaban J connectivity index is 1.92. The third kappa shape index (κ3) is 2.91. The number of carbonyl (C=O) groups excluding carboxylic acids is 1. The van der Waals surface area contributed by atoms with E-state index in [0.29, 0.717) is 28.6 Å². The van der Waals surface area contributed by atoms with E-state index in [0.717, 1.165) is 11.0 Å². The van der Waals surface area contributed by atoms with E-state index in [2.05, 4.69) is 9.97 Å². The lowest BCUT2D eigenvalue weighted by Crippen LogP contribution is -2.14. The second kappa shape index (κ2) is 6.92. The highest BCUT2D eigenvalue weighted by molar-refractivity contribution is 6.04. The maximum Gasteiger partial charge on any atom is 0.264 e. The number of pyridine rings is 1. The third-order valence-electron chi connectivity index (χ3n) is 4.29. The molecule has 4 aromatic rings. The highest BCUT2D eigenvalue weighted by Gasteiger charge is 2.21. The summed E-state index contributed by atoms with van der Waals surface area (Å²) in [5, 5.41) is 0. The minimum atomic E-state index is -0.217. The van der Waals surface area contributed by atoms with Gasteiger partial charge in [0.15, 0.2) is 17.3 Å². The van der Waals surface area contributed by atoms with Crippen LogP contribution in [0.2, 0.25) is 0 Å². The predicted molar refractivity (Wildman–Crippen MR) is 102 cm³/mol. The topological polar surface area (TPSA) is 66.2 Å². The summed E-state index contributed by atoms with van der Waals surface area (Å²) in [5.41, 5.74) is 2.54. The van der Waals surface area contributed by atoms with Crippen LogP contribution in [-0.4, -0.2) is 34.7 Å². The molecule has 0 radical (unpaired) electrons. The van der Waals surface area contributed by atoms with Gasteiger partial charge in [0.1, 0.15) is 5.69 Å². The molecule has 27 heavy (non-hydrogen) atoms. The molecular formula is C21H17N3O3. The monoisotopic (exact) mass is 359 g/mol. The van der Waals surface area contributed by atoms with Gasteiger partial charge < -0.3 is 9.47 Å². The molecule has 0 saturated heterocycles. The van der Waals surface area contributed by atoms with E-state index >= 15 is 0 Å². The van der Waals surface area contributed by atoms with Crippen LogP contribution in [0.4, 0.5) is 0 Å². The van der Waals surface area contributed by atoms with Gasteiger partial charge in [-0.1, -0.05) is 18.2 Å². The van der Waals surface area contributed by atoms with Gasteiger partial charge in [0, 0.05) is 11.8 Å². The minimum absolute atomic E-state index is 0.217. The number of aromatic nitrogens is 3. The number of carbonyl (C=O) groups is 1. The number of hydrogen-bond acceptors (Lipinski definition) is 5. The van der Waals surface area contributed by atoms with Crippen molar-refractivity contribution in [2.24, 2.45) is 0 Å². The van der Waals surface area contributed by atoms with Crippen LogP contribution in [0, 0.1) is 0 Å². The predicted octanol–water partition coefficient (Wildman–Crippen LogP) is 3.80. The number of benzene rings is 2. The minimum Gasteiger partial charge on any atom is -0.493 e. The lowest BCUT2D eigenvalue weighted by Gasteiger charge is -2.11. The first-order valence-electron chi connectivity index (χ1n) is 8.38. The molecule has 0 aliphatic heterocycles. The van der Waals surface area contributed by atoms with E-state index in [9.17, 15) is 4.79 Å². The zero-order valence-corrected chi connectivity index (χ0v) is 14.9. The second-order valence-electron chi connectivity index (χ2n) is 5.85. The van der Waals surface area contributed by atoms with Crippen LogP contribution in [-0.2, 0) is 0 Å². The number of ether oxygens (including phenoxy) is 2. The summed E-state index contributed by atoms with van der Waals surface area (Å²) in [5.74, 6) is 1.34. The van der Waals surface area contributed by atoms with Crippen LogP contribution in [0.5, 0.6) is 11.5 Å². The van der Waals surface area contributed by atoms with Crippen molar-refractivity contribution in [1.82, 2.24) is 14.5 Å². The molecule has 0 saturated carbocycles. The van der Waals surface area contributed by atoms with E-state index in [1.165, 1.54) is 7.11 Å². The van der Waals surface area contributed by atoms with Crippen molar-refractivity contribution in [3.63, 3.8) is 0 Å². The van der Waals surface area contributed by atoms with Gasteiger partial charge in [-0.15, -0.1) is 0 Å². The normalized spacial score (nSPS) is 10.7. The van der Waals surface area contributed by atoms with Crippen molar-refractivity contribution >= 4 is 16.9 Å². The van der Waals surface area contributed by atoms with Crippen molar-refractivity contribution in [1.29, 1.82) is 0 Å². The number of fused-ring (bicyclic) bond motifs is 1. The molecule has 2 heterocycles. The Bertz CT molecular complexity index is 1120. The average Bonchev–Trinajstić information content (AvgIpc) is 3.13. The maximum absolute atomic E-state index is 13.4. The van der Waals surface area contributed by atoms with Crippen LogP contribution in [0.15, 0.2) is 66.9 Å². The molecule has 6 nitrogen and oxygen atoms in total. The Morgan fingerprint density at radius 3 is 2.44 bits per heavy atom. The highest BCUT2D eigenvalue weighted by Crippen LogP contribution is 2.30. The van der Waals surface area contributed by atoms with Crippen LogP contribution in [0.1, 0.15) is 10.4 Å². The molecule has 0 N–H and O–H groups in total. The summed E-state index contributed by atoms with van der Waals surface area (Å²) in [7, 11) is 3.10.